The van der Waals surface area contributed by atoms with E-state index in [1.54, 1.807) is 0 Å². The summed E-state index contributed by atoms with van der Waals surface area (Å²) in [4.78, 5) is 0. The van der Waals surface area contributed by atoms with Gasteiger partial charge in [0, 0.05) is 17.1 Å². The molecule has 0 saturated carbocycles. The van der Waals surface area contributed by atoms with E-state index >= 15 is 0 Å². The van der Waals surface area contributed by atoms with E-state index in [2.05, 4.69) is 0 Å². The monoisotopic (exact) mass is 203 g/mol. The van der Waals surface area contributed by atoms with E-state index in [4.69, 9.17) is 17.5 Å². The van der Waals surface area contributed by atoms with Gasteiger partial charge in [-0.1, -0.05) is 0 Å². The Balaban J connectivity index is -0.0000000267. The molecule has 0 bridgehead atoms. The Hall–Kier alpha value is 1.12. The van der Waals surface area contributed by atoms with Crippen LogP contribution >= 0.6 is 0 Å². The van der Waals surface area contributed by atoms with Crippen molar-refractivity contribution in [2.45, 2.75) is 0 Å². The van der Waals surface area contributed by atoms with Crippen molar-refractivity contribution < 1.29 is 40.1 Å². The minimum Gasteiger partial charge on any atom is -0.870 e. The second-order valence-corrected chi connectivity index (χ2v) is 1.34. The van der Waals surface area contributed by atoms with Crippen LogP contribution in [0.1, 0.15) is 0 Å². The molecule has 0 aliphatic carbocycles. The molecule has 0 aromatic carbocycles. The normalized spacial score (nSPS) is 7.25. The average molecular weight is 204 g/mol. The maximum Gasteiger partial charge on any atom is -0.870 e. The van der Waals surface area contributed by atoms with E-state index < -0.39 is 10.4 Å². The zero-order valence-electron chi connectivity index (χ0n) is 3.87. The molecule has 0 fully saturated rings. The molecule has 5 nitrogen and oxygen atoms in total. The molecule has 8 heavy (non-hydrogen) atoms. The summed E-state index contributed by atoms with van der Waals surface area (Å²) >= 11 is 0. The Labute approximate surface area is 73.4 Å². The maximum atomic E-state index is 8.74. The first-order valence-corrected chi connectivity index (χ1v) is 2.10. The summed E-state index contributed by atoms with van der Waals surface area (Å²) < 4.78 is 31.6. The summed E-state index contributed by atoms with van der Waals surface area (Å²) in [5.74, 6) is 0. The van der Waals surface area contributed by atoms with Gasteiger partial charge in [0.2, 0.25) is 0 Å². The molecule has 3 N–H and O–H groups in total. The third-order valence-corrected chi connectivity index (χ3v) is 0. The molecule has 0 aromatic heterocycles. The molecule has 0 rings (SSSR count). The Bertz CT molecular complexity index is 95.6. The van der Waals surface area contributed by atoms with E-state index in [0.29, 0.717) is 0 Å². The van der Waals surface area contributed by atoms with Gasteiger partial charge in [-0.25, -0.2) is 0 Å². The Morgan fingerprint density at radius 1 is 1.12 bits per heavy atom. The molecule has 0 aromatic rings. The minimum atomic E-state index is -4.67. The standard InChI is InChI=1S/Cu.Mg.H2O4S.H2O.H/c;;1-5(2,3)4;;/h;;(H2,1,2,3,4);1H2;/q;+1;;;/p-1. The van der Waals surface area contributed by atoms with Gasteiger partial charge in [0.25, 0.3) is 0 Å². The van der Waals surface area contributed by atoms with E-state index in [1.165, 1.54) is 0 Å². The first kappa shape index (κ1) is 22.9. The summed E-state index contributed by atoms with van der Waals surface area (Å²) in [5, 5.41) is 0. The van der Waals surface area contributed by atoms with Crippen molar-refractivity contribution in [3.8, 4) is 0 Å². The van der Waals surface area contributed by atoms with E-state index in [9.17, 15) is 0 Å². The predicted octanol–water partition coefficient (Wildman–Crippen LogP) is -1.48. The van der Waals surface area contributed by atoms with Gasteiger partial charge >= 0.3 is 33.5 Å². The van der Waals surface area contributed by atoms with Crippen LogP contribution < -0.4 is 0 Å². The number of hydrogen-bond donors (Lipinski definition) is 2. The smallest absolute Gasteiger partial charge is 0.870 e. The molecule has 0 amide bonds. The molecular weight excluding hydrogens is 200 g/mol. The summed E-state index contributed by atoms with van der Waals surface area (Å²) in [6.07, 6.45) is 0. The Morgan fingerprint density at radius 2 is 1.12 bits per heavy atom. The van der Waals surface area contributed by atoms with Crippen LogP contribution in [0.4, 0.5) is 0 Å². The Morgan fingerprint density at radius 3 is 1.12 bits per heavy atom. The number of rotatable bonds is 0. The second kappa shape index (κ2) is 8.12. The fraction of sp³-hybridized carbons (Fsp3) is 0. The van der Waals surface area contributed by atoms with Crippen LogP contribution in [0, 0.1) is 0 Å². The van der Waals surface area contributed by atoms with Crippen molar-refractivity contribution in [1.29, 1.82) is 0 Å². The van der Waals surface area contributed by atoms with Crippen molar-refractivity contribution in [3.63, 3.8) is 0 Å². The van der Waals surface area contributed by atoms with Crippen LogP contribution in [-0.2, 0) is 27.5 Å². The molecule has 0 atom stereocenters. The van der Waals surface area contributed by atoms with E-state index in [1.807, 2.05) is 0 Å². The van der Waals surface area contributed by atoms with Crippen molar-refractivity contribution >= 4 is 33.5 Å². The van der Waals surface area contributed by atoms with E-state index in [-0.39, 0.29) is 45.6 Å². The van der Waals surface area contributed by atoms with Gasteiger partial charge in [0.05, 0.1) is 0 Å². The molecular formula is H4CuMgO5S. The van der Waals surface area contributed by atoms with Crippen molar-refractivity contribution in [1.82, 2.24) is 0 Å². The van der Waals surface area contributed by atoms with Crippen LogP contribution in [0.2, 0.25) is 0 Å². The zero-order chi connectivity index (χ0) is 4.50. The molecule has 0 saturated heterocycles. The Kier molecular flexibility index (Phi) is 23.3. The molecule has 1 radical (unpaired) electrons. The largest absolute Gasteiger partial charge is 0.870 e. The predicted molar refractivity (Wildman–Crippen MR) is 23.3 cm³/mol. The molecule has 8 heteroatoms. The van der Waals surface area contributed by atoms with Crippen LogP contribution in [0.15, 0.2) is 0 Å². The number of hydrogen-bond acceptors (Lipinski definition) is 3. The fourth-order valence-electron chi connectivity index (χ4n) is 0. The van der Waals surface area contributed by atoms with Gasteiger partial charge < -0.3 is 5.48 Å². The quantitative estimate of drug-likeness (QED) is 0.369. The third kappa shape index (κ3) is 214. The van der Waals surface area contributed by atoms with E-state index in [0.717, 1.165) is 0 Å². The molecule has 0 spiro atoms. The average Bonchev–Trinajstić information content (AvgIpc) is 0.722. The first-order valence-electron chi connectivity index (χ1n) is 0.698. The second-order valence-electron chi connectivity index (χ2n) is 0.448. The summed E-state index contributed by atoms with van der Waals surface area (Å²) in [5.41, 5.74) is 0. The molecule has 0 unspecified atom stereocenters. The van der Waals surface area contributed by atoms with Crippen LogP contribution in [0.5, 0.6) is 0 Å². The molecule has 0 heterocycles. The maximum absolute atomic E-state index is 8.74. The summed E-state index contributed by atoms with van der Waals surface area (Å²) in [6.45, 7) is 0. The third-order valence-electron chi connectivity index (χ3n) is 0. The SMILES string of the molecule is O=S(=O)(O)O.[Cu].[MgH+].[OH-]. The van der Waals surface area contributed by atoms with Crippen molar-refractivity contribution in [3.05, 3.63) is 0 Å². The van der Waals surface area contributed by atoms with Crippen molar-refractivity contribution in [2.75, 3.05) is 0 Å². The zero-order valence-corrected chi connectivity index (χ0v) is 7.63. The van der Waals surface area contributed by atoms with Gasteiger partial charge in [-0.3, -0.25) is 9.11 Å². The van der Waals surface area contributed by atoms with Gasteiger partial charge in [-0.15, -0.1) is 0 Å². The minimum absolute atomic E-state index is 0. The van der Waals surface area contributed by atoms with Gasteiger partial charge in [0.1, 0.15) is 0 Å². The van der Waals surface area contributed by atoms with Crippen LogP contribution in [-0.4, -0.2) is 46.1 Å². The van der Waals surface area contributed by atoms with Crippen molar-refractivity contribution in [2.24, 2.45) is 0 Å². The molecule has 0 aliphatic heterocycles. The van der Waals surface area contributed by atoms with Gasteiger partial charge in [-0.2, -0.15) is 8.42 Å². The van der Waals surface area contributed by atoms with Gasteiger partial charge in [0.15, 0.2) is 0 Å². The summed E-state index contributed by atoms with van der Waals surface area (Å²) in [6, 6.07) is 0. The van der Waals surface area contributed by atoms with Crippen LogP contribution in [0.3, 0.4) is 0 Å². The van der Waals surface area contributed by atoms with Gasteiger partial charge in [-0.05, 0) is 0 Å². The topological polar surface area (TPSA) is 105 Å². The summed E-state index contributed by atoms with van der Waals surface area (Å²) in [7, 11) is -4.67. The first-order chi connectivity index (χ1) is 2.00. The molecule has 53 valence electrons. The van der Waals surface area contributed by atoms with Crippen LogP contribution in [0.25, 0.3) is 0 Å². The fourth-order valence-corrected chi connectivity index (χ4v) is 0. The molecule has 0 aliphatic rings.